The van der Waals surface area contributed by atoms with Crippen LogP contribution in [0.25, 0.3) is 23.0 Å². The van der Waals surface area contributed by atoms with Gasteiger partial charge in [0.1, 0.15) is 17.5 Å². The van der Waals surface area contributed by atoms with Crippen molar-refractivity contribution in [3.05, 3.63) is 24.2 Å². The molecule has 0 aliphatic heterocycles. The molecule has 0 aromatic carbocycles. The summed E-state index contributed by atoms with van der Waals surface area (Å²) in [6, 6.07) is 1.77. The summed E-state index contributed by atoms with van der Waals surface area (Å²) in [7, 11) is 0. The lowest BCUT2D eigenvalue weighted by molar-refractivity contribution is 0.407. The van der Waals surface area contributed by atoms with E-state index in [2.05, 4.69) is 25.5 Å². The number of aromatic amines is 1. The van der Waals surface area contributed by atoms with Gasteiger partial charge in [0.2, 0.25) is 5.82 Å². The molecule has 0 saturated heterocycles. The van der Waals surface area contributed by atoms with Crippen LogP contribution in [0.15, 0.2) is 27.6 Å². The molecular formula is C11H11N5O2. The average molecular weight is 245 g/mol. The normalized spacial score (nSPS) is 11.3. The van der Waals surface area contributed by atoms with Crippen LogP contribution in [0.4, 0.5) is 0 Å². The van der Waals surface area contributed by atoms with E-state index in [0.29, 0.717) is 17.4 Å². The van der Waals surface area contributed by atoms with Crippen molar-refractivity contribution < 1.29 is 9.05 Å². The van der Waals surface area contributed by atoms with Gasteiger partial charge in [0.25, 0.3) is 5.89 Å². The summed E-state index contributed by atoms with van der Waals surface area (Å²) < 4.78 is 10.2. The lowest BCUT2D eigenvalue weighted by Gasteiger charge is -1.98. The average Bonchev–Trinajstić information content (AvgIpc) is 3.10. The number of hydrogen-bond acceptors (Lipinski definition) is 6. The molecule has 0 bridgehead atoms. The first kappa shape index (κ1) is 10.7. The van der Waals surface area contributed by atoms with Crippen LogP contribution in [0.5, 0.6) is 0 Å². The molecule has 0 fully saturated rings. The summed E-state index contributed by atoms with van der Waals surface area (Å²) in [6.45, 7) is 4.04. The molecule has 3 aromatic rings. The van der Waals surface area contributed by atoms with Crippen molar-refractivity contribution >= 4 is 0 Å². The molecule has 0 unspecified atom stereocenters. The Morgan fingerprint density at radius 3 is 2.89 bits per heavy atom. The summed E-state index contributed by atoms with van der Waals surface area (Å²) in [5.41, 5.74) is 2.23. The predicted molar refractivity (Wildman–Crippen MR) is 61.5 cm³/mol. The molecule has 18 heavy (non-hydrogen) atoms. The Bertz CT molecular complexity index is 638. The van der Waals surface area contributed by atoms with Crippen LogP contribution in [0, 0.1) is 0 Å². The molecule has 0 spiro atoms. The van der Waals surface area contributed by atoms with Gasteiger partial charge < -0.3 is 9.05 Å². The Balaban J connectivity index is 2.01. The van der Waals surface area contributed by atoms with Crippen LogP contribution in [0.2, 0.25) is 0 Å². The van der Waals surface area contributed by atoms with E-state index in [1.165, 1.54) is 6.26 Å². The van der Waals surface area contributed by atoms with Gasteiger partial charge in [-0.2, -0.15) is 10.1 Å². The van der Waals surface area contributed by atoms with E-state index in [1.807, 2.05) is 13.8 Å². The maximum atomic E-state index is 5.21. The number of nitrogens with zero attached hydrogens (tertiary/aromatic N) is 4. The van der Waals surface area contributed by atoms with Crippen molar-refractivity contribution in [2.75, 3.05) is 0 Å². The highest BCUT2D eigenvalue weighted by Crippen LogP contribution is 2.28. The summed E-state index contributed by atoms with van der Waals surface area (Å²) >= 11 is 0. The van der Waals surface area contributed by atoms with E-state index in [4.69, 9.17) is 9.05 Å². The van der Waals surface area contributed by atoms with E-state index in [9.17, 15) is 0 Å². The number of H-pyrrole nitrogens is 1. The van der Waals surface area contributed by atoms with Crippen LogP contribution in [0.1, 0.15) is 25.5 Å². The van der Waals surface area contributed by atoms with Gasteiger partial charge in [0.05, 0.1) is 5.69 Å². The van der Waals surface area contributed by atoms with Gasteiger partial charge in [-0.05, 0) is 12.0 Å². The molecule has 7 nitrogen and oxygen atoms in total. The van der Waals surface area contributed by atoms with E-state index in [0.717, 1.165) is 11.3 Å². The lowest BCUT2D eigenvalue weighted by Crippen LogP contribution is -1.90. The van der Waals surface area contributed by atoms with Gasteiger partial charge in [-0.15, -0.1) is 0 Å². The van der Waals surface area contributed by atoms with Crippen molar-refractivity contribution in [2.24, 2.45) is 0 Å². The molecule has 0 amide bonds. The second-order valence-corrected chi connectivity index (χ2v) is 4.16. The summed E-state index contributed by atoms with van der Waals surface area (Å²) in [5, 5.41) is 14.4. The molecule has 0 radical (unpaired) electrons. The molecule has 3 rings (SSSR count). The molecule has 0 aliphatic carbocycles. The Hall–Kier alpha value is -2.44. The first-order valence-corrected chi connectivity index (χ1v) is 5.54. The molecular weight excluding hydrogens is 234 g/mol. The van der Waals surface area contributed by atoms with Gasteiger partial charge in [0.15, 0.2) is 0 Å². The molecule has 1 N–H and O–H groups in total. The fraction of sp³-hybridized carbons (Fsp3) is 0.273. The number of nitrogens with one attached hydrogen (secondary N) is 1. The predicted octanol–water partition coefficient (Wildman–Crippen LogP) is 2.24. The van der Waals surface area contributed by atoms with Crippen molar-refractivity contribution in [3.63, 3.8) is 0 Å². The van der Waals surface area contributed by atoms with Gasteiger partial charge >= 0.3 is 0 Å². The minimum Gasteiger partial charge on any atom is -0.364 e. The van der Waals surface area contributed by atoms with Crippen LogP contribution in [-0.2, 0) is 0 Å². The first-order chi connectivity index (χ1) is 8.75. The largest absolute Gasteiger partial charge is 0.364 e. The highest BCUT2D eigenvalue weighted by Gasteiger charge is 2.19. The van der Waals surface area contributed by atoms with Crippen LogP contribution in [0.3, 0.4) is 0 Å². The topological polar surface area (TPSA) is 93.6 Å². The fourth-order valence-corrected chi connectivity index (χ4v) is 1.64. The molecule has 0 atom stereocenters. The minimum atomic E-state index is 0.223. The van der Waals surface area contributed by atoms with E-state index >= 15 is 0 Å². The molecule has 3 heterocycles. The van der Waals surface area contributed by atoms with Crippen molar-refractivity contribution in [1.82, 2.24) is 25.5 Å². The Labute approximate surface area is 102 Å². The highest BCUT2D eigenvalue weighted by atomic mass is 16.5. The van der Waals surface area contributed by atoms with Gasteiger partial charge in [-0.3, -0.25) is 5.10 Å². The second-order valence-electron chi connectivity index (χ2n) is 4.16. The van der Waals surface area contributed by atoms with E-state index < -0.39 is 0 Å². The summed E-state index contributed by atoms with van der Waals surface area (Å²) in [5.74, 6) is 1.07. The zero-order valence-electron chi connectivity index (χ0n) is 9.91. The van der Waals surface area contributed by atoms with E-state index in [1.54, 1.807) is 12.3 Å². The zero-order chi connectivity index (χ0) is 12.5. The van der Waals surface area contributed by atoms with Crippen LogP contribution < -0.4 is 0 Å². The third kappa shape index (κ3) is 1.69. The quantitative estimate of drug-likeness (QED) is 0.760. The SMILES string of the molecule is CC(C)c1nocc1-c1nc(-c2ccn[nH]2)no1. The highest BCUT2D eigenvalue weighted by molar-refractivity contribution is 5.58. The van der Waals surface area contributed by atoms with Crippen LogP contribution >= 0.6 is 0 Å². The molecule has 0 saturated carbocycles. The maximum absolute atomic E-state index is 5.21. The van der Waals surface area contributed by atoms with Gasteiger partial charge in [-0.1, -0.05) is 24.2 Å². The van der Waals surface area contributed by atoms with Crippen molar-refractivity contribution in [2.45, 2.75) is 19.8 Å². The molecule has 7 heteroatoms. The Morgan fingerprint density at radius 1 is 1.28 bits per heavy atom. The summed E-state index contributed by atoms with van der Waals surface area (Å²) in [4.78, 5) is 4.29. The Kier molecular flexibility index (Phi) is 2.44. The second kappa shape index (κ2) is 4.10. The standard InChI is InChI=1S/C11H11N5O2/c1-6(2)9-7(5-17-15-9)11-13-10(16-18-11)8-3-4-12-14-8/h3-6H,1-2H3,(H,12,14). The molecule has 0 aliphatic rings. The fourth-order valence-electron chi connectivity index (χ4n) is 1.64. The number of hydrogen-bond donors (Lipinski definition) is 1. The third-order valence-electron chi connectivity index (χ3n) is 2.54. The maximum Gasteiger partial charge on any atom is 0.263 e. The zero-order valence-corrected chi connectivity index (χ0v) is 9.91. The van der Waals surface area contributed by atoms with E-state index in [-0.39, 0.29) is 5.92 Å². The van der Waals surface area contributed by atoms with Crippen molar-refractivity contribution in [3.8, 4) is 23.0 Å². The minimum absolute atomic E-state index is 0.223. The van der Waals surface area contributed by atoms with Gasteiger partial charge in [-0.25, -0.2) is 0 Å². The van der Waals surface area contributed by atoms with Crippen LogP contribution in [-0.4, -0.2) is 25.5 Å². The monoisotopic (exact) mass is 245 g/mol. The first-order valence-electron chi connectivity index (χ1n) is 5.54. The molecule has 92 valence electrons. The lowest BCUT2D eigenvalue weighted by atomic mass is 10.1. The third-order valence-corrected chi connectivity index (χ3v) is 2.54. The summed E-state index contributed by atoms with van der Waals surface area (Å²) in [6.07, 6.45) is 3.14. The molecule has 3 aromatic heterocycles. The number of aromatic nitrogens is 5. The number of rotatable bonds is 3. The van der Waals surface area contributed by atoms with Crippen molar-refractivity contribution in [1.29, 1.82) is 0 Å². The Morgan fingerprint density at radius 2 is 2.17 bits per heavy atom. The smallest absolute Gasteiger partial charge is 0.263 e. The van der Waals surface area contributed by atoms with Gasteiger partial charge in [0, 0.05) is 6.20 Å².